The predicted molar refractivity (Wildman–Crippen MR) is 79.1 cm³/mol. The van der Waals surface area contributed by atoms with Gasteiger partial charge in [-0.1, -0.05) is 25.4 Å². The Bertz CT molecular complexity index is 503. The summed E-state index contributed by atoms with van der Waals surface area (Å²) < 4.78 is 0. The minimum absolute atomic E-state index is 0.00102. The van der Waals surface area contributed by atoms with E-state index in [4.69, 9.17) is 11.6 Å². The van der Waals surface area contributed by atoms with Crippen molar-refractivity contribution in [1.82, 2.24) is 5.32 Å². The molecule has 1 N–H and O–H groups in total. The van der Waals surface area contributed by atoms with E-state index in [0.29, 0.717) is 10.9 Å². The maximum Gasteiger partial charge on any atom is 0.282 e. The second kappa shape index (κ2) is 7.24. The number of amides is 1. The first-order valence-corrected chi connectivity index (χ1v) is 6.94. The zero-order valence-electron chi connectivity index (χ0n) is 11.9. The van der Waals surface area contributed by atoms with Gasteiger partial charge in [0.15, 0.2) is 0 Å². The number of carbonyl (C=O) groups excluding carboxylic acids is 1. The highest BCUT2D eigenvalue weighted by molar-refractivity contribution is 6.31. The standard InChI is InChI=1S/C14H19ClN2O3/c1-9(2)4-5-10(3)16-14(18)12-8-11(15)6-7-13(12)17(19)20/h6-10H,4-5H2,1-3H3,(H,16,18). The summed E-state index contributed by atoms with van der Waals surface area (Å²) in [4.78, 5) is 22.4. The highest BCUT2D eigenvalue weighted by Gasteiger charge is 2.21. The van der Waals surface area contributed by atoms with Gasteiger partial charge < -0.3 is 5.32 Å². The first-order chi connectivity index (χ1) is 9.31. The SMILES string of the molecule is CC(C)CCC(C)NC(=O)c1cc(Cl)ccc1[N+](=O)[O-]. The Labute approximate surface area is 123 Å². The lowest BCUT2D eigenvalue weighted by Gasteiger charge is -2.15. The van der Waals surface area contributed by atoms with Crippen molar-refractivity contribution in [3.8, 4) is 0 Å². The molecule has 20 heavy (non-hydrogen) atoms. The lowest BCUT2D eigenvalue weighted by molar-refractivity contribution is -0.385. The first kappa shape index (κ1) is 16.4. The van der Waals surface area contributed by atoms with Gasteiger partial charge in [0.05, 0.1) is 4.92 Å². The number of nitro groups is 1. The van der Waals surface area contributed by atoms with Gasteiger partial charge in [0.25, 0.3) is 11.6 Å². The Morgan fingerprint density at radius 1 is 1.35 bits per heavy atom. The van der Waals surface area contributed by atoms with Crippen molar-refractivity contribution >= 4 is 23.2 Å². The van der Waals surface area contributed by atoms with Crippen molar-refractivity contribution in [1.29, 1.82) is 0 Å². The lowest BCUT2D eigenvalue weighted by atomic mass is 10.0. The van der Waals surface area contributed by atoms with E-state index in [1.54, 1.807) is 0 Å². The molecule has 0 aliphatic heterocycles. The zero-order chi connectivity index (χ0) is 15.3. The second-order valence-electron chi connectivity index (χ2n) is 5.26. The Morgan fingerprint density at radius 3 is 2.55 bits per heavy atom. The molecule has 110 valence electrons. The van der Waals surface area contributed by atoms with Crippen LogP contribution in [0.25, 0.3) is 0 Å². The summed E-state index contributed by atoms with van der Waals surface area (Å²) in [7, 11) is 0. The summed E-state index contributed by atoms with van der Waals surface area (Å²) >= 11 is 5.80. The quantitative estimate of drug-likeness (QED) is 0.641. The fraction of sp³-hybridized carbons (Fsp3) is 0.500. The summed E-state index contributed by atoms with van der Waals surface area (Å²) in [6.07, 6.45) is 1.82. The molecule has 0 bridgehead atoms. The molecular formula is C14H19ClN2O3. The molecule has 1 amide bonds. The van der Waals surface area contributed by atoms with E-state index >= 15 is 0 Å². The fourth-order valence-corrected chi connectivity index (χ4v) is 1.98. The van der Waals surface area contributed by atoms with Crippen LogP contribution in [-0.2, 0) is 0 Å². The number of hydrogen-bond acceptors (Lipinski definition) is 3. The van der Waals surface area contributed by atoms with Gasteiger partial charge in [-0.3, -0.25) is 14.9 Å². The molecule has 0 aliphatic rings. The van der Waals surface area contributed by atoms with Crippen LogP contribution < -0.4 is 5.32 Å². The van der Waals surface area contributed by atoms with Crippen molar-refractivity contribution in [3.63, 3.8) is 0 Å². The van der Waals surface area contributed by atoms with Crippen molar-refractivity contribution in [3.05, 3.63) is 38.9 Å². The molecule has 6 heteroatoms. The molecule has 0 spiro atoms. The molecule has 1 rings (SSSR count). The molecular weight excluding hydrogens is 280 g/mol. The number of nitrogens with one attached hydrogen (secondary N) is 1. The van der Waals surface area contributed by atoms with Crippen LogP contribution in [0.5, 0.6) is 0 Å². The highest BCUT2D eigenvalue weighted by atomic mass is 35.5. The Morgan fingerprint density at radius 2 is 2.00 bits per heavy atom. The van der Waals surface area contributed by atoms with E-state index in [9.17, 15) is 14.9 Å². The second-order valence-corrected chi connectivity index (χ2v) is 5.70. The van der Waals surface area contributed by atoms with Gasteiger partial charge in [0.2, 0.25) is 0 Å². The van der Waals surface area contributed by atoms with Crippen molar-refractivity contribution in [2.24, 2.45) is 5.92 Å². The van der Waals surface area contributed by atoms with Gasteiger partial charge in [0, 0.05) is 17.1 Å². The van der Waals surface area contributed by atoms with E-state index in [1.807, 2.05) is 6.92 Å². The summed E-state index contributed by atoms with van der Waals surface area (Å²) in [6.45, 7) is 6.10. The number of halogens is 1. The average molecular weight is 299 g/mol. The van der Waals surface area contributed by atoms with Crippen molar-refractivity contribution in [2.45, 2.75) is 39.7 Å². The molecule has 0 heterocycles. The monoisotopic (exact) mass is 298 g/mol. The molecule has 0 saturated heterocycles. The summed E-state index contributed by atoms with van der Waals surface area (Å²) in [5.74, 6) is 0.0883. The van der Waals surface area contributed by atoms with E-state index < -0.39 is 10.8 Å². The third-order valence-electron chi connectivity index (χ3n) is 2.95. The lowest BCUT2D eigenvalue weighted by Crippen LogP contribution is -2.33. The third-order valence-corrected chi connectivity index (χ3v) is 3.19. The molecule has 1 aromatic rings. The minimum atomic E-state index is -0.579. The van der Waals surface area contributed by atoms with Gasteiger partial charge in [0.1, 0.15) is 5.56 Å². The first-order valence-electron chi connectivity index (χ1n) is 6.56. The molecule has 0 radical (unpaired) electrons. The normalized spacial score (nSPS) is 12.2. The predicted octanol–water partition coefficient (Wildman–Crippen LogP) is 3.80. The molecule has 0 aromatic heterocycles. The number of carbonyl (C=O) groups is 1. The molecule has 1 unspecified atom stereocenters. The van der Waals surface area contributed by atoms with E-state index in [2.05, 4.69) is 19.2 Å². The van der Waals surface area contributed by atoms with E-state index in [1.165, 1.54) is 18.2 Å². The number of hydrogen-bond donors (Lipinski definition) is 1. The number of nitro benzene ring substituents is 1. The molecule has 0 aliphatic carbocycles. The Kier molecular flexibility index (Phi) is 5.95. The van der Waals surface area contributed by atoms with Crippen LogP contribution in [0.3, 0.4) is 0 Å². The summed E-state index contributed by atoms with van der Waals surface area (Å²) in [6, 6.07) is 3.93. The topological polar surface area (TPSA) is 72.2 Å². The van der Waals surface area contributed by atoms with E-state index in [0.717, 1.165) is 12.8 Å². The van der Waals surface area contributed by atoms with Gasteiger partial charge in [-0.05, 0) is 37.8 Å². The maximum atomic E-state index is 12.1. The smallest absolute Gasteiger partial charge is 0.282 e. The molecule has 0 fully saturated rings. The van der Waals surface area contributed by atoms with Crippen LogP contribution in [-0.4, -0.2) is 16.9 Å². The Balaban J connectivity index is 2.81. The third kappa shape index (κ3) is 4.81. The molecule has 1 atom stereocenters. The maximum absolute atomic E-state index is 12.1. The number of benzene rings is 1. The zero-order valence-corrected chi connectivity index (χ0v) is 12.6. The van der Waals surface area contributed by atoms with Crippen LogP contribution in [0, 0.1) is 16.0 Å². The molecule has 5 nitrogen and oxygen atoms in total. The van der Waals surface area contributed by atoms with E-state index in [-0.39, 0.29) is 17.3 Å². The van der Waals surface area contributed by atoms with Gasteiger partial charge >= 0.3 is 0 Å². The molecule has 1 aromatic carbocycles. The van der Waals surface area contributed by atoms with Gasteiger partial charge in [-0.25, -0.2) is 0 Å². The van der Waals surface area contributed by atoms with Crippen LogP contribution in [0.1, 0.15) is 44.0 Å². The summed E-state index contributed by atoms with van der Waals surface area (Å²) in [5, 5.41) is 14.0. The summed E-state index contributed by atoms with van der Waals surface area (Å²) in [5.41, 5.74) is -0.234. The Hall–Kier alpha value is -1.62. The fourth-order valence-electron chi connectivity index (χ4n) is 1.81. The van der Waals surface area contributed by atoms with Crippen molar-refractivity contribution < 1.29 is 9.72 Å². The van der Waals surface area contributed by atoms with Crippen LogP contribution in [0.4, 0.5) is 5.69 Å². The van der Waals surface area contributed by atoms with Gasteiger partial charge in [-0.2, -0.15) is 0 Å². The average Bonchev–Trinajstić information content (AvgIpc) is 2.35. The number of nitrogens with zero attached hydrogens (tertiary/aromatic N) is 1. The van der Waals surface area contributed by atoms with Crippen LogP contribution in [0.2, 0.25) is 5.02 Å². The largest absolute Gasteiger partial charge is 0.349 e. The minimum Gasteiger partial charge on any atom is -0.349 e. The highest BCUT2D eigenvalue weighted by Crippen LogP contribution is 2.22. The number of rotatable bonds is 6. The van der Waals surface area contributed by atoms with Crippen LogP contribution in [0.15, 0.2) is 18.2 Å². The van der Waals surface area contributed by atoms with Gasteiger partial charge in [-0.15, -0.1) is 0 Å². The van der Waals surface area contributed by atoms with Crippen LogP contribution >= 0.6 is 11.6 Å². The van der Waals surface area contributed by atoms with Crippen molar-refractivity contribution in [2.75, 3.05) is 0 Å². The molecule has 0 saturated carbocycles.